The van der Waals surface area contributed by atoms with Crippen LogP contribution in [0.2, 0.25) is 0 Å². The average Bonchev–Trinajstić information content (AvgIpc) is 2.66. The number of amides is 2. The molecule has 0 aromatic heterocycles. The molecule has 1 heterocycles. The van der Waals surface area contributed by atoms with Gasteiger partial charge >= 0.3 is 5.97 Å². The highest BCUT2D eigenvalue weighted by molar-refractivity contribution is 8.18. The number of hydrogen-bond acceptors (Lipinski definition) is 6. The summed E-state index contributed by atoms with van der Waals surface area (Å²) in [6.07, 6.45) is 1.19. The molecular formula is C15H15NO5S. The van der Waals surface area contributed by atoms with Crippen molar-refractivity contribution in [3.05, 3.63) is 34.7 Å². The first kappa shape index (κ1) is 16.1. The molecule has 1 fully saturated rings. The standard InChI is InChI=1S/C15H15NO5S/c1-9(2)21-13(18)8-16-14(19)12(22-15(16)20)7-10-4-3-5-11(17)6-10/h3-7,9,17H,8H2,1-2H3. The molecule has 0 spiro atoms. The van der Waals surface area contributed by atoms with Gasteiger partial charge in [-0.05, 0) is 49.4 Å². The molecular weight excluding hydrogens is 306 g/mol. The minimum absolute atomic E-state index is 0.0634. The van der Waals surface area contributed by atoms with Gasteiger partial charge in [0.1, 0.15) is 12.3 Å². The maximum absolute atomic E-state index is 12.2. The van der Waals surface area contributed by atoms with Crippen LogP contribution >= 0.6 is 11.8 Å². The van der Waals surface area contributed by atoms with E-state index in [-0.39, 0.29) is 16.8 Å². The van der Waals surface area contributed by atoms with Crippen LogP contribution < -0.4 is 0 Å². The summed E-state index contributed by atoms with van der Waals surface area (Å²) in [7, 11) is 0. The number of imide groups is 1. The highest BCUT2D eigenvalue weighted by Gasteiger charge is 2.36. The van der Waals surface area contributed by atoms with Gasteiger partial charge in [-0.15, -0.1) is 0 Å². The fourth-order valence-corrected chi connectivity index (χ4v) is 2.67. The highest BCUT2D eigenvalue weighted by atomic mass is 32.2. The van der Waals surface area contributed by atoms with Gasteiger partial charge in [-0.3, -0.25) is 19.3 Å². The predicted octanol–water partition coefficient (Wildman–Crippen LogP) is 2.38. The first-order valence-corrected chi connectivity index (χ1v) is 7.42. The predicted molar refractivity (Wildman–Crippen MR) is 82.0 cm³/mol. The molecule has 7 heteroatoms. The third-order valence-corrected chi connectivity index (χ3v) is 3.60. The number of esters is 1. The van der Waals surface area contributed by atoms with Crippen LogP contribution in [0.25, 0.3) is 6.08 Å². The number of phenols is 1. The Hall–Kier alpha value is -2.28. The minimum atomic E-state index is -0.629. The van der Waals surface area contributed by atoms with E-state index in [1.165, 1.54) is 18.2 Å². The number of hydrogen-bond donors (Lipinski definition) is 1. The number of thioether (sulfide) groups is 1. The second-order valence-electron chi connectivity index (χ2n) is 4.90. The van der Waals surface area contributed by atoms with Gasteiger partial charge in [-0.25, -0.2) is 0 Å². The van der Waals surface area contributed by atoms with Gasteiger partial charge in [0.2, 0.25) is 0 Å². The fourth-order valence-electron chi connectivity index (χ4n) is 1.83. The Balaban J connectivity index is 2.13. The van der Waals surface area contributed by atoms with E-state index in [0.29, 0.717) is 5.56 Å². The Morgan fingerprint density at radius 1 is 1.41 bits per heavy atom. The third kappa shape index (κ3) is 3.88. The van der Waals surface area contributed by atoms with E-state index in [2.05, 4.69) is 0 Å². The summed E-state index contributed by atoms with van der Waals surface area (Å²) >= 11 is 0.752. The van der Waals surface area contributed by atoms with Crippen LogP contribution in [0.5, 0.6) is 5.75 Å². The largest absolute Gasteiger partial charge is 0.508 e. The summed E-state index contributed by atoms with van der Waals surface area (Å²) in [6, 6.07) is 6.30. The zero-order valence-electron chi connectivity index (χ0n) is 12.1. The summed E-state index contributed by atoms with van der Waals surface area (Å²) in [6.45, 7) is 2.97. The SMILES string of the molecule is CC(C)OC(=O)CN1C(=O)SC(=Cc2cccc(O)c2)C1=O. The lowest BCUT2D eigenvalue weighted by atomic mass is 10.2. The maximum atomic E-state index is 12.2. The fraction of sp³-hybridized carbons (Fsp3) is 0.267. The molecule has 116 valence electrons. The minimum Gasteiger partial charge on any atom is -0.508 e. The molecule has 0 aliphatic carbocycles. The molecule has 22 heavy (non-hydrogen) atoms. The molecule has 1 aliphatic heterocycles. The van der Waals surface area contributed by atoms with Crippen molar-refractivity contribution in [3.63, 3.8) is 0 Å². The first-order chi connectivity index (χ1) is 10.4. The van der Waals surface area contributed by atoms with E-state index < -0.39 is 23.7 Å². The van der Waals surface area contributed by atoms with Crippen molar-refractivity contribution < 1.29 is 24.2 Å². The Kier molecular flexibility index (Phi) is 4.87. The van der Waals surface area contributed by atoms with Crippen molar-refractivity contribution in [1.82, 2.24) is 4.90 Å². The molecule has 1 saturated heterocycles. The quantitative estimate of drug-likeness (QED) is 0.677. The van der Waals surface area contributed by atoms with Crippen LogP contribution in [0.4, 0.5) is 4.79 Å². The number of nitrogens with zero attached hydrogens (tertiary/aromatic N) is 1. The molecule has 0 saturated carbocycles. The summed E-state index contributed by atoms with van der Waals surface area (Å²) < 4.78 is 4.93. The van der Waals surface area contributed by atoms with E-state index in [0.717, 1.165) is 16.7 Å². The van der Waals surface area contributed by atoms with Crippen LogP contribution in [0.3, 0.4) is 0 Å². The third-order valence-electron chi connectivity index (χ3n) is 2.70. The van der Waals surface area contributed by atoms with Crippen LogP contribution in [0, 0.1) is 0 Å². The Morgan fingerprint density at radius 2 is 2.14 bits per heavy atom. The van der Waals surface area contributed by atoms with Crippen LogP contribution in [-0.4, -0.2) is 39.8 Å². The number of phenolic OH excluding ortho intramolecular Hbond substituents is 1. The molecule has 0 radical (unpaired) electrons. The average molecular weight is 321 g/mol. The van der Waals surface area contributed by atoms with Gasteiger partial charge in [0.15, 0.2) is 0 Å². The maximum Gasteiger partial charge on any atom is 0.326 e. The lowest BCUT2D eigenvalue weighted by Crippen LogP contribution is -2.35. The van der Waals surface area contributed by atoms with Gasteiger partial charge in [-0.1, -0.05) is 12.1 Å². The molecule has 2 rings (SSSR count). The summed E-state index contributed by atoms with van der Waals surface area (Å²) in [5.74, 6) is -1.11. The number of rotatable bonds is 4. The topological polar surface area (TPSA) is 83.9 Å². The molecule has 6 nitrogen and oxygen atoms in total. The van der Waals surface area contributed by atoms with E-state index in [1.807, 2.05) is 0 Å². The van der Waals surface area contributed by atoms with E-state index in [4.69, 9.17) is 4.74 Å². The van der Waals surface area contributed by atoms with Crippen LogP contribution in [0.15, 0.2) is 29.2 Å². The summed E-state index contributed by atoms with van der Waals surface area (Å²) in [5, 5.41) is 8.88. The second-order valence-corrected chi connectivity index (χ2v) is 5.89. The van der Waals surface area contributed by atoms with Crippen molar-refractivity contribution in [3.8, 4) is 5.75 Å². The number of aromatic hydroxyl groups is 1. The zero-order chi connectivity index (χ0) is 16.3. The number of benzene rings is 1. The van der Waals surface area contributed by atoms with Gasteiger partial charge in [0.25, 0.3) is 11.1 Å². The van der Waals surface area contributed by atoms with Crippen molar-refractivity contribution in [1.29, 1.82) is 0 Å². The zero-order valence-corrected chi connectivity index (χ0v) is 12.9. The lowest BCUT2D eigenvalue weighted by Gasteiger charge is -2.13. The van der Waals surface area contributed by atoms with Gasteiger partial charge in [-0.2, -0.15) is 0 Å². The molecule has 1 aliphatic rings. The Morgan fingerprint density at radius 3 is 2.77 bits per heavy atom. The van der Waals surface area contributed by atoms with Crippen molar-refractivity contribution in [2.75, 3.05) is 6.54 Å². The molecule has 1 aromatic carbocycles. The second kappa shape index (κ2) is 6.65. The van der Waals surface area contributed by atoms with Crippen molar-refractivity contribution >= 4 is 35.0 Å². The number of carbonyl (C=O) groups is 3. The number of ether oxygens (including phenoxy) is 1. The highest BCUT2D eigenvalue weighted by Crippen LogP contribution is 2.32. The smallest absolute Gasteiger partial charge is 0.326 e. The Bertz CT molecular complexity index is 653. The van der Waals surface area contributed by atoms with Crippen LogP contribution in [0.1, 0.15) is 19.4 Å². The van der Waals surface area contributed by atoms with E-state index in [9.17, 15) is 19.5 Å². The van der Waals surface area contributed by atoms with Gasteiger partial charge < -0.3 is 9.84 Å². The van der Waals surface area contributed by atoms with Crippen LogP contribution in [-0.2, 0) is 14.3 Å². The van der Waals surface area contributed by atoms with E-state index in [1.54, 1.807) is 26.0 Å². The molecule has 0 atom stereocenters. The molecule has 1 aromatic rings. The molecule has 2 amide bonds. The summed E-state index contributed by atoms with van der Waals surface area (Å²) in [4.78, 5) is 36.6. The van der Waals surface area contributed by atoms with Gasteiger partial charge in [0.05, 0.1) is 11.0 Å². The number of carbonyl (C=O) groups excluding carboxylic acids is 3. The molecule has 0 unspecified atom stereocenters. The normalized spacial score (nSPS) is 16.7. The summed E-state index contributed by atoms with van der Waals surface area (Å²) in [5.41, 5.74) is 0.593. The molecule has 0 bridgehead atoms. The van der Waals surface area contributed by atoms with Crippen molar-refractivity contribution in [2.45, 2.75) is 20.0 Å². The Labute approximate surface area is 131 Å². The van der Waals surface area contributed by atoms with E-state index >= 15 is 0 Å². The molecule has 1 N–H and O–H groups in total. The lowest BCUT2D eigenvalue weighted by molar-refractivity contribution is -0.149. The van der Waals surface area contributed by atoms with Gasteiger partial charge in [0, 0.05) is 0 Å². The monoisotopic (exact) mass is 321 g/mol. The van der Waals surface area contributed by atoms with Crippen molar-refractivity contribution in [2.24, 2.45) is 0 Å². The first-order valence-electron chi connectivity index (χ1n) is 6.60.